The monoisotopic (exact) mass is 264 g/mol. The van der Waals surface area contributed by atoms with Crippen molar-refractivity contribution >= 4 is 17.2 Å². The summed E-state index contributed by atoms with van der Waals surface area (Å²) in [4.78, 5) is 23.4. The normalized spacial score (nSPS) is 14.2. The number of hydrogen-bond acceptors (Lipinski definition) is 4. The molecule has 1 amide bonds. The summed E-state index contributed by atoms with van der Waals surface area (Å²) in [7, 11) is 0. The third kappa shape index (κ3) is 2.43. The van der Waals surface area contributed by atoms with E-state index < -0.39 is 5.54 Å². The number of hydrogen-bond donors (Lipinski definition) is 2. The minimum absolute atomic E-state index is 0.157. The van der Waals surface area contributed by atoms with Crippen LogP contribution in [-0.2, 0) is 5.54 Å². The van der Waals surface area contributed by atoms with E-state index in [1.54, 1.807) is 23.7 Å². The first-order valence-corrected chi connectivity index (χ1v) is 6.67. The van der Waals surface area contributed by atoms with Gasteiger partial charge in [-0.05, 0) is 20.3 Å². The molecule has 0 saturated heterocycles. The molecule has 6 heteroatoms. The Hall–Kier alpha value is -1.69. The second-order valence-corrected chi connectivity index (χ2v) is 5.25. The molecule has 96 valence electrons. The van der Waals surface area contributed by atoms with Crippen molar-refractivity contribution in [1.29, 1.82) is 0 Å². The van der Waals surface area contributed by atoms with Crippen LogP contribution >= 0.6 is 11.3 Å². The zero-order valence-electron chi connectivity index (χ0n) is 10.7. The second-order valence-electron chi connectivity index (χ2n) is 4.36. The van der Waals surface area contributed by atoms with Crippen LogP contribution in [-0.4, -0.2) is 20.9 Å². The fraction of sp³-hybridized carbons (Fsp3) is 0.417. The van der Waals surface area contributed by atoms with Crippen LogP contribution in [0.1, 0.15) is 41.6 Å². The van der Waals surface area contributed by atoms with Crippen molar-refractivity contribution in [3.05, 3.63) is 34.3 Å². The average molecular weight is 264 g/mol. The number of thiazole rings is 1. The number of aromatic nitrogens is 3. The SMILES string of the molecule is CCC(C)(NC(=O)c1cnc(C)[nH]1)c1nccs1. The van der Waals surface area contributed by atoms with E-state index >= 15 is 0 Å². The topological polar surface area (TPSA) is 70.7 Å². The molecule has 0 radical (unpaired) electrons. The van der Waals surface area contributed by atoms with Crippen molar-refractivity contribution in [2.45, 2.75) is 32.7 Å². The van der Waals surface area contributed by atoms with E-state index in [1.165, 1.54) is 0 Å². The minimum atomic E-state index is -0.440. The van der Waals surface area contributed by atoms with Gasteiger partial charge in [0.2, 0.25) is 0 Å². The number of imidazole rings is 1. The molecule has 0 aliphatic carbocycles. The summed E-state index contributed by atoms with van der Waals surface area (Å²) in [5.41, 5.74) is 0.0355. The lowest BCUT2D eigenvalue weighted by molar-refractivity contribution is 0.0897. The van der Waals surface area contributed by atoms with E-state index in [0.29, 0.717) is 5.69 Å². The van der Waals surface area contributed by atoms with Gasteiger partial charge in [0, 0.05) is 11.6 Å². The first-order valence-electron chi connectivity index (χ1n) is 5.79. The fourth-order valence-corrected chi connectivity index (χ4v) is 2.47. The summed E-state index contributed by atoms with van der Waals surface area (Å²) >= 11 is 1.55. The van der Waals surface area contributed by atoms with Crippen LogP contribution in [0.5, 0.6) is 0 Å². The lowest BCUT2D eigenvalue weighted by Gasteiger charge is -2.27. The van der Waals surface area contributed by atoms with Crippen LogP contribution in [0.2, 0.25) is 0 Å². The molecule has 2 aromatic heterocycles. The van der Waals surface area contributed by atoms with Crippen molar-refractivity contribution in [3.8, 4) is 0 Å². The molecular weight excluding hydrogens is 248 g/mol. The Kier molecular flexibility index (Phi) is 3.47. The molecule has 1 atom stereocenters. The van der Waals surface area contributed by atoms with E-state index in [0.717, 1.165) is 17.3 Å². The lowest BCUT2D eigenvalue weighted by Crippen LogP contribution is -2.43. The van der Waals surface area contributed by atoms with E-state index in [9.17, 15) is 4.79 Å². The van der Waals surface area contributed by atoms with Gasteiger partial charge in [-0.3, -0.25) is 4.79 Å². The molecule has 0 fully saturated rings. The molecule has 1 unspecified atom stereocenters. The molecular formula is C12H16N4OS. The fourth-order valence-electron chi connectivity index (χ4n) is 1.64. The van der Waals surface area contributed by atoms with Crippen LogP contribution in [0.4, 0.5) is 0 Å². The number of carbonyl (C=O) groups is 1. The van der Waals surface area contributed by atoms with Gasteiger partial charge >= 0.3 is 0 Å². The Bertz CT molecular complexity index is 534. The lowest BCUT2D eigenvalue weighted by atomic mass is 9.99. The maximum atomic E-state index is 12.1. The molecule has 0 bridgehead atoms. The number of aromatic amines is 1. The van der Waals surface area contributed by atoms with Crippen molar-refractivity contribution in [2.24, 2.45) is 0 Å². The van der Waals surface area contributed by atoms with E-state index in [1.807, 2.05) is 26.2 Å². The Labute approximate surface area is 110 Å². The van der Waals surface area contributed by atoms with E-state index in [-0.39, 0.29) is 5.91 Å². The van der Waals surface area contributed by atoms with Crippen molar-refractivity contribution in [2.75, 3.05) is 0 Å². The molecule has 18 heavy (non-hydrogen) atoms. The maximum Gasteiger partial charge on any atom is 0.270 e. The molecule has 5 nitrogen and oxygen atoms in total. The number of amides is 1. The summed E-state index contributed by atoms with van der Waals surface area (Å²) in [6.07, 6.45) is 4.07. The third-order valence-corrected chi connectivity index (χ3v) is 3.99. The molecule has 0 aliphatic heterocycles. The van der Waals surface area contributed by atoms with Gasteiger partial charge in [0.1, 0.15) is 16.5 Å². The Morgan fingerprint density at radius 3 is 2.83 bits per heavy atom. The maximum absolute atomic E-state index is 12.1. The number of carbonyl (C=O) groups excluding carboxylic acids is 1. The number of nitrogens with zero attached hydrogens (tertiary/aromatic N) is 2. The highest BCUT2D eigenvalue weighted by Gasteiger charge is 2.29. The average Bonchev–Trinajstić information content (AvgIpc) is 2.99. The van der Waals surface area contributed by atoms with Gasteiger partial charge in [-0.25, -0.2) is 9.97 Å². The highest BCUT2D eigenvalue weighted by atomic mass is 32.1. The summed E-state index contributed by atoms with van der Waals surface area (Å²) in [6, 6.07) is 0. The van der Waals surface area contributed by atoms with Crippen LogP contribution in [0.3, 0.4) is 0 Å². The highest BCUT2D eigenvalue weighted by Crippen LogP contribution is 2.26. The van der Waals surface area contributed by atoms with Crippen LogP contribution in [0.15, 0.2) is 17.8 Å². The smallest absolute Gasteiger partial charge is 0.270 e. The number of rotatable bonds is 4. The molecule has 0 spiro atoms. The molecule has 2 rings (SSSR count). The first kappa shape index (κ1) is 12.8. The van der Waals surface area contributed by atoms with Gasteiger partial charge in [-0.1, -0.05) is 6.92 Å². The van der Waals surface area contributed by atoms with Gasteiger partial charge in [-0.15, -0.1) is 11.3 Å². The van der Waals surface area contributed by atoms with Gasteiger partial charge in [0.15, 0.2) is 0 Å². The number of aryl methyl sites for hydroxylation is 1. The summed E-state index contributed by atoms with van der Waals surface area (Å²) in [6.45, 7) is 5.82. The van der Waals surface area contributed by atoms with Gasteiger partial charge in [-0.2, -0.15) is 0 Å². The number of H-pyrrole nitrogens is 1. The van der Waals surface area contributed by atoms with Gasteiger partial charge in [0.25, 0.3) is 5.91 Å². The summed E-state index contributed by atoms with van der Waals surface area (Å²) < 4.78 is 0. The van der Waals surface area contributed by atoms with Crippen molar-refractivity contribution in [1.82, 2.24) is 20.3 Å². The minimum Gasteiger partial charge on any atom is -0.339 e. The molecule has 0 aliphatic rings. The van der Waals surface area contributed by atoms with Gasteiger partial charge in [0.05, 0.1) is 11.7 Å². The van der Waals surface area contributed by atoms with Crippen LogP contribution in [0, 0.1) is 6.92 Å². The van der Waals surface area contributed by atoms with Crippen molar-refractivity contribution < 1.29 is 4.79 Å². The number of nitrogens with one attached hydrogen (secondary N) is 2. The largest absolute Gasteiger partial charge is 0.339 e. The Morgan fingerprint density at radius 2 is 2.33 bits per heavy atom. The molecule has 0 saturated carbocycles. The predicted molar refractivity (Wildman–Crippen MR) is 70.5 cm³/mol. The highest BCUT2D eigenvalue weighted by molar-refractivity contribution is 7.09. The van der Waals surface area contributed by atoms with E-state index in [4.69, 9.17) is 0 Å². The van der Waals surface area contributed by atoms with E-state index in [2.05, 4.69) is 20.3 Å². The molecule has 0 aromatic carbocycles. The Balaban J connectivity index is 2.19. The van der Waals surface area contributed by atoms with Gasteiger partial charge < -0.3 is 10.3 Å². The standard InChI is InChI=1S/C12H16N4OS/c1-4-12(3,11-13-5-6-18-11)16-10(17)9-7-14-8(2)15-9/h5-7H,4H2,1-3H3,(H,14,15)(H,16,17). The second kappa shape index (κ2) is 4.89. The van der Waals surface area contributed by atoms with Crippen molar-refractivity contribution in [3.63, 3.8) is 0 Å². The zero-order chi connectivity index (χ0) is 13.2. The zero-order valence-corrected chi connectivity index (χ0v) is 11.5. The third-order valence-electron chi connectivity index (χ3n) is 2.95. The predicted octanol–water partition coefficient (Wildman–Crippen LogP) is 2.23. The molecule has 2 N–H and O–H groups in total. The molecule has 2 heterocycles. The summed E-state index contributed by atoms with van der Waals surface area (Å²) in [5, 5.41) is 5.84. The molecule has 2 aromatic rings. The quantitative estimate of drug-likeness (QED) is 0.889. The van der Waals surface area contributed by atoms with Crippen LogP contribution in [0.25, 0.3) is 0 Å². The first-order chi connectivity index (χ1) is 8.55. The summed E-state index contributed by atoms with van der Waals surface area (Å²) in [5.74, 6) is 0.572. The Morgan fingerprint density at radius 1 is 1.56 bits per heavy atom. The van der Waals surface area contributed by atoms with Crippen LogP contribution < -0.4 is 5.32 Å².